The molecule has 35 heavy (non-hydrogen) atoms. The fourth-order valence-corrected chi connectivity index (χ4v) is 4.37. The van der Waals surface area contributed by atoms with Crippen LogP contribution in [0.4, 0.5) is 20.6 Å². The van der Waals surface area contributed by atoms with Gasteiger partial charge in [0, 0.05) is 17.2 Å². The van der Waals surface area contributed by atoms with Gasteiger partial charge in [0.1, 0.15) is 11.6 Å². The second-order valence-corrected chi connectivity index (χ2v) is 8.43. The zero-order valence-electron chi connectivity index (χ0n) is 19.1. The molecule has 4 rings (SSSR count). The maximum Gasteiger partial charge on any atom is 0.323 e. The van der Waals surface area contributed by atoms with E-state index in [0.717, 1.165) is 6.42 Å². The molecule has 1 fully saturated rings. The Labute approximate surface area is 201 Å². The molecule has 0 aliphatic heterocycles. The van der Waals surface area contributed by atoms with E-state index in [1.165, 1.54) is 12.1 Å². The normalized spacial score (nSPS) is 17.0. The van der Waals surface area contributed by atoms with Gasteiger partial charge in [0.05, 0.1) is 18.7 Å². The Morgan fingerprint density at radius 2 is 1.54 bits per heavy atom. The molecule has 3 aromatic carbocycles. The summed E-state index contributed by atoms with van der Waals surface area (Å²) >= 11 is 0. The van der Waals surface area contributed by atoms with Gasteiger partial charge in [0.15, 0.2) is 5.78 Å². The van der Waals surface area contributed by atoms with Crippen molar-refractivity contribution in [3.05, 3.63) is 78.1 Å². The van der Waals surface area contributed by atoms with Gasteiger partial charge in [-0.3, -0.25) is 9.59 Å². The number of ether oxygens (including phenoxy) is 1. The number of benzene rings is 3. The molecule has 1 aliphatic rings. The van der Waals surface area contributed by atoms with Gasteiger partial charge in [-0.2, -0.15) is 0 Å². The Morgan fingerprint density at radius 3 is 2.17 bits per heavy atom. The van der Waals surface area contributed by atoms with E-state index in [9.17, 15) is 23.9 Å². The molecule has 0 bridgehead atoms. The second kappa shape index (κ2) is 10.4. The first-order valence-corrected chi connectivity index (χ1v) is 11.2. The van der Waals surface area contributed by atoms with Crippen molar-refractivity contribution in [2.45, 2.75) is 19.3 Å². The van der Waals surface area contributed by atoms with Crippen LogP contribution in [0, 0.1) is 17.7 Å². The quantitative estimate of drug-likeness (QED) is 0.372. The van der Waals surface area contributed by atoms with Crippen LogP contribution in [-0.2, 0) is 4.79 Å². The molecule has 7 nitrogen and oxygen atoms in total. The summed E-state index contributed by atoms with van der Waals surface area (Å²) in [7, 11) is 1.54. The third-order valence-electron chi connectivity index (χ3n) is 6.24. The molecule has 0 aromatic heterocycles. The average Bonchev–Trinajstić information content (AvgIpc) is 3.36. The number of rotatable bonds is 7. The third-order valence-corrected chi connectivity index (χ3v) is 6.24. The summed E-state index contributed by atoms with van der Waals surface area (Å²) < 4.78 is 19.8. The Balaban J connectivity index is 1.41. The third kappa shape index (κ3) is 5.48. The molecule has 1 aliphatic carbocycles. The predicted molar refractivity (Wildman–Crippen MR) is 130 cm³/mol. The average molecular weight is 477 g/mol. The Kier molecular flexibility index (Phi) is 7.10. The van der Waals surface area contributed by atoms with E-state index in [0.29, 0.717) is 41.0 Å². The van der Waals surface area contributed by atoms with Crippen LogP contribution < -0.4 is 15.4 Å². The van der Waals surface area contributed by atoms with Crippen molar-refractivity contribution in [1.82, 2.24) is 0 Å². The number of hydrogen-bond donors (Lipinski definition) is 3. The number of Topliss-reactive ketones (excluding diaryl/α,β-unsaturated/α-hetero) is 1. The number of carboxylic acid groups (broad SMARTS) is 1. The summed E-state index contributed by atoms with van der Waals surface area (Å²) in [5, 5.41) is 14.5. The molecule has 2 amide bonds. The zero-order valence-corrected chi connectivity index (χ0v) is 19.1. The molecule has 3 aromatic rings. The standard InChI is InChI=1S/C27H25FN2O5/c1-35-20-12-10-19(11-13-20)29-27(34)30-24-14-9-18(15-23(24)28)16-5-7-17(8-6-16)25(31)21-3-2-4-22(21)26(32)33/h5-15,21-22H,2-4H2,1H3,(H,32,33)(H2,29,30,34)/t21-,22-/m1/s1. The monoisotopic (exact) mass is 476 g/mol. The number of carbonyl (C=O) groups excluding carboxylic acids is 2. The predicted octanol–water partition coefficient (Wildman–Crippen LogP) is 5.83. The number of carbonyl (C=O) groups is 3. The van der Waals surface area contributed by atoms with Crippen LogP contribution in [0.2, 0.25) is 0 Å². The summed E-state index contributed by atoms with van der Waals surface area (Å²) in [5.74, 6) is -2.21. The SMILES string of the molecule is COc1ccc(NC(=O)Nc2ccc(-c3ccc(C(=O)[C@@H]4CCC[C@H]4C(=O)O)cc3)cc2F)cc1. The maximum atomic E-state index is 14.7. The summed E-state index contributed by atoms with van der Waals surface area (Å²) in [6.45, 7) is 0. The molecule has 2 atom stereocenters. The van der Waals surface area contributed by atoms with Crippen LogP contribution in [-0.4, -0.2) is 30.0 Å². The van der Waals surface area contributed by atoms with Crippen molar-refractivity contribution in [3.8, 4) is 16.9 Å². The lowest BCUT2D eigenvalue weighted by Crippen LogP contribution is -2.25. The van der Waals surface area contributed by atoms with Gasteiger partial charge in [0.25, 0.3) is 0 Å². The molecular formula is C27H25FN2O5. The topological polar surface area (TPSA) is 105 Å². The summed E-state index contributed by atoms with van der Waals surface area (Å²) in [5.41, 5.74) is 2.26. The number of urea groups is 1. The first-order chi connectivity index (χ1) is 16.9. The number of nitrogens with one attached hydrogen (secondary N) is 2. The molecule has 0 spiro atoms. The minimum Gasteiger partial charge on any atom is -0.497 e. The zero-order chi connectivity index (χ0) is 24.9. The lowest BCUT2D eigenvalue weighted by atomic mass is 9.88. The first-order valence-electron chi connectivity index (χ1n) is 11.2. The van der Waals surface area contributed by atoms with Gasteiger partial charge in [-0.05, 0) is 60.4 Å². The molecule has 0 heterocycles. The van der Waals surface area contributed by atoms with E-state index in [4.69, 9.17) is 4.74 Å². The Morgan fingerprint density at radius 1 is 0.886 bits per heavy atom. The largest absolute Gasteiger partial charge is 0.497 e. The number of anilines is 2. The second-order valence-electron chi connectivity index (χ2n) is 8.43. The number of hydrogen-bond acceptors (Lipinski definition) is 4. The van der Waals surface area contributed by atoms with Crippen LogP contribution in [0.15, 0.2) is 66.7 Å². The highest BCUT2D eigenvalue weighted by Gasteiger charge is 2.37. The lowest BCUT2D eigenvalue weighted by molar-refractivity contribution is -0.142. The van der Waals surface area contributed by atoms with Crippen molar-refractivity contribution >= 4 is 29.2 Å². The Bertz CT molecular complexity index is 1240. The number of methoxy groups -OCH3 is 1. The van der Waals surface area contributed by atoms with E-state index < -0.39 is 29.7 Å². The van der Waals surface area contributed by atoms with Gasteiger partial charge in [-0.1, -0.05) is 36.8 Å². The van der Waals surface area contributed by atoms with Gasteiger partial charge >= 0.3 is 12.0 Å². The molecule has 0 radical (unpaired) electrons. The van der Waals surface area contributed by atoms with Crippen LogP contribution in [0.25, 0.3) is 11.1 Å². The van der Waals surface area contributed by atoms with E-state index in [1.54, 1.807) is 61.7 Å². The van der Waals surface area contributed by atoms with E-state index in [1.807, 2.05) is 0 Å². The van der Waals surface area contributed by atoms with E-state index in [2.05, 4.69) is 10.6 Å². The van der Waals surface area contributed by atoms with Gasteiger partial charge < -0.3 is 20.5 Å². The van der Waals surface area contributed by atoms with Crippen LogP contribution >= 0.6 is 0 Å². The molecule has 0 unspecified atom stereocenters. The van der Waals surface area contributed by atoms with Crippen molar-refractivity contribution < 1.29 is 28.6 Å². The van der Waals surface area contributed by atoms with Gasteiger partial charge in [0.2, 0.25) is 0 Å². The minimum atomic E-state index is -0.931. The number of amides is 2. The molecule has 3 N–H and O–H groups in total. The lowest BCUT2D eigenvalue weighted by Gasteiger charge is -2.15. The van der Waals surface area contributed by atoms with E-state index >= 15 is 0 Å². The number of ketones is 1. The van der Waals surface area contributed by atoms with Crippen molar-refractivity contribution in [3.63, 3.8) is 0 Å². The highest BCUT2D eigenvalue weighted by atomic mass is 19.1. The van der Waals surface area contributed by atoms with Crippen molar-refractivity contribution in [2.75, 3.05) is 17.7 Å². The number of aliphatic carboxylic acids is 1. The van der Waals surface area contributed by atoms with Crippen molar-refractivity contribution in [1.29, 1.82) is 0 Å². The highest BCUT2D eigenvalue weighted by molar-refractivity contribution is 6.01. The smallest absolute Gasteiger partial charge is 0.323 e. The number of halogens is 1. The first kappa shape index (κ1) is 23.9. The van der Waals surface area contributed by atoms with Crippen LogP contribution in [0.5, 0.6) is 5.75 Å². The fraction of sp³-hybridized carbons (Fsp3) is 0.222. The summed E-state index contributed by atoms with van der Waals surface area (Å²) in [6.07, 6.45) is 1.81. The van der Waals surface area contributed by atoms with E-state index in [-0.39, 0.29) is 11.5 Å². The molecule has 180 valence electrons. The molecule has 1 saturated carbocycles. The fourth-order valence-electron chi connectivity index (χ4n) is 4.37. The minimum absolute atomic E-state index is 0.0208. The van der Waals surface area contributed by atoms with Gasteiger partial charge in [-0.15, -0.1) is 0 Å². The molecular weight excluding hydrogens is 451 g/mol. The highest BCUT2D eigenvalue weighted by Crippen LogP contribution is 2.35. The molecule has 0 saturated heterocycles. The van der Waals surface area contributed by atoms with Gasteiger partial charge in [-0.25, -0.2) is 9.18 Å². The van der Waals surface area contributed by atoms with Crippen molar-refractivity contribution in [2.24, 2.45) is 11.8 Å². The summed E-state index contributed by atoms with van der Waals surface area (Å²) in [6, 6.07) is 17.3. The number of carboxylic acids is 1. The Hall–Kier alpha value is -4.20. The van der Waals surface area contributed by atoms with Crippen LogP contribution in [0.3, 0.4) is 0 Å². The maximum absolute atomic E-state index is 14.7. The molecule has 8 heteroatoms. The van der Waals surface area contributed by atoms with Crippen LogP contribution in [0.1, 0.15) is 29.6 Å². The summed E-state index contributed by atoms with van der Waals surface area (Å²) in [4.78, 5) is 36.4.